The van der Waals surface area contributed by atoms with Gasteiger partial charge in [-0.3, -0.25) is 9.89 Å². The maximum absolute atomic E-state index is 4.43. The predicted octanol–water partition coefficient (Wildman–Crippen LogP) is 2.15. The van der Waals surface area contributed by atoms with Gasteiger partial charge in [-0.25, -0.2) is 0 Å². The van der Waals surface area contributed by atoms with Crippen molar-refractivity contribution in [2.24, 2.45) is 10.9 Å². The second-order valence-electron chi connectivity index (χ2n) is 7.78. The van der Waals surface area contributed by atoms with Crippen LogP contribution in [0, 0.1) is 5.92 Å². The maximum atomic E-state index is 4.43. The molecule has 24 heavy (non-hydrogen) atoms. The van der Waals surface area contributed by atoms with Gasteiger partial charge in [0.2, 0.25) is 0 Å². The molecule has 5 nitrogen and oxygen atoms in total. The van der Waals surface area contributed by atoms with Crippen molar-refractivity contribution in [1.29, 1.82) is 0 Å². The zero-order valence-corrected chi connectivity index (χ0v) is 16.4. The number of hydrogen-bond donors (Lipinski definition) is 2. The second kappa shape index (κ2) is 10.2. The quantitative estimate of drug-likeness (QED) is 0.576. The van der Waals surface area contributed by atoms with Crippen LogP contribution < -0.4 is 10.6 Å². The second-order valence-corrected chi connectivity index (χ2v) is 7.78. The van der Waals surface area contributed by atoms with Crippen molar-refractivity contribution < 1.29 is 0 Å². The van der Waals surface area contributed by atoms with E-state index in [-0.39, 0.29) is 0 Å². The van der Waals surface area contributed by atoms with Gasteiger partial charge in [0.1, 0.15) is 0 Å². The van der Waals surface area contributed by atoms with Crippen molar-refractivity contribution in [2.75, 3.05) is 46.3 Å². The van der Waals surface area contributed by atoms with Crippen LogP contribution >= 0.6 is 0 Å². The Balaban J connectivity index is 1.67. The zero-order valence-electron chi connectivity index (χ0n) is 16.4. The number of guanidine groups is 1. The van der Waals surface area contributed by atoms with Gasteiger partial charge in [-0.05, 0) is 64.6 Å². The van der Waals surface area contributed by atoms with Gasteiger partial charge in [0.05, 0.1) is 0 Å². The first-order chi connectivity index (χ1) is 11.6. The first kappa shape index (κ1) is 19.5. The number of piperidine rings is 2. The van der Waals surface area contributed by atoms with Gasteiger partial charge in [-0.15, -0.1) is 0 Å². The minimum atomic E-state index is 0.565. The fourth-order valence-corrected chi connectivity index (χ4v) is 3.85. The SMILES string of the molecule is CCCN1CCC(NC(=NC)NCC(C)N2CCC(C)CC2)CC1. The summed E-state index contributed by atoms with van der Waals surface area (Å²) in [6.45, 7) is 14.1. The molecule has 0 saturated carbocycles. The third kappa shape index (κ3) is 6.25. The van der Waals surface area contributed by atoms with Gasteiger partial charge in [0, 0.05) is 38.8 Å². The van der Waals surface area contributed by atoms with Crippen LogP contribution in [0.3, 0.4) is 0 Å². The van der Waals surface area contributed by atoms with Gasteiger partial charge < -0.3 is 15.5 Å². The van der Waals surface area contributed by atoms with Crippen LogP contribution in [0.1, 0.15) is 52.9 Å². The van der Waals surface area contributed by atoms with Crippen molar-refractivity contribution in [1.82, 2.24) is 20.4 Å². The minimum Gasteiger partial charge on any atom is -0.355 e. The van der Waals surface area contributed by atoms with Crippen molar-refractivity contribution in [3.63, 3.8) is 0 Å². The lowest BCUT2D eigenvalue weighted by molar-refractivity contribution is 0.147. The average Bonchev–Trinajstić information content (AvgIpc) is 2.60. The van der Waals surface area contributed by atoms with E-state index in [0.29, 0.717) is 12.1 Å². The lowest BCUT2D eigenvalue weighted by Crippen LogP contribution is -2.51. The van der Waals surface area contributed by atoms with E-state index >= 15 is 0 Å². The molecule has 1 unspecified atom stereocenters. The Morgan fingerprint density at radius 3 is 2.38 bits per heavy atom. The molecule has 0 radical (unpaired) electrons. The van der Waals surface area contributed by atoms with Gasteiger partial charge in [0.25, 0.3) is 0 Å². The third-order valence-electron chi connectivity index (χ3n) is 5.70. The summed E-state index contributed by atoms with van der Waals surface area (Å²) in [7, 11) is 1.88. The highest BCUT2D eigenvalue weighted by atomic mass is 15.2. The van der Waals surface area contributed by atoms with E-state index in [4.69, 9.17) is 0 Å². The summed E-state index contributed by atoms with van der Waals surface area (Å²) in [6.07, 6.45) is 6.39. The fourth-order valence-electron chi connectivity index (χ4n) is 3.85. The molecule has 2 saturated heterocycles. The molecule has 2 N–H and O–H groups in total. The summed E-state index contributed by atoms with van der Waals surface area (Å²) in [4.78, 5) is 9.62. The van der Waals surface area contributed by atoms with Crippen LogP contribution in [0.25, 0.3) is 0 Å². The van der Waals surface area contributed by atoms with Crippen molar-refractivity contribution in [3.05, 3.63) is 0 Å². The topological polar surface area (TPSA) is 42.9 Å². The normalized spacial score (nSPS) is 24.1. The highest BCUT2D eigenvalue weighted by Gasteiger charge is 2.22. The Morgan fingerprint density at radius 1 is 1.12 bits per heavy atom. The minimum absolute atomic E-state index is 0.565. The van der Waals surface area contributed by atoms with Crippen LogP contribution in [0.2, 0.25) is 0 Å². The van der Waals surface area contributed by atoms with E-state index in [1.165, 1.54) is 64.8 Å². The number of nitrogens with zero attached hydrogens (tertiary/aromatic N) is 3. The van der Waals surface area contributed by atoms with Crippen molar-refractivity contribution in [2.45, 2.75) is 65.0 Å². The molecule has 140 valence electrons. The molecular formula is C19H39N5. The number of aliphatic imine (C=N–C) groups is 1. The lowest BCUT2D eigenvalue weighted by Gasteiger charge is -2.36. The molecule has 2 heterocycles. The Hall–Kier alpha value is -0.810. The monoisotopic (exact) mass is 337 g/mol. The molecule has 5 heteroatoms. The maximum Gasteiger partial charge on any atom is 0.191 e. The first-order valence-corrected chi connectivity index (χ1v) is 10.1. The summed E-state index contributed by atoms with van der Waals surface area (Å²) >= 11 is 0. The molecule has 2 rings (SSSR count). The summed E-state index contributed by atoms with van der Waals surface area (Å²) in [5.41, 5.74) is 0. The molecule has 2 fully saturated rings. The largest absolute Gasteiger partial charge is 0.355 e. The number of nitrogens with one attached hydrogen (secondary N) is 2. The van der Waals surface area contributed by atoms with Crippen LogP contribution in [0.5, 0.6) is 0 Å². The van der Waals surface area contributed by atoms with Crippen LogP contribution in [0.4, 0.5) is 0 Å². The van der Waals surface area contributed by atoms with E-state index in [1.54, 1.807) is 0 Å². The molecule has 0 aliphatic carbocycles. The van der Waals surface area contributed by atoms with Crippen LogP contribution in [-0.2, 0) is 0 Å². The van der Waals surface area contributed by atoms with E-state index in [1.807, 2.05) is 7.05 Å². The van der Waals surface area contributed by atoms with Crippen molar-refractivity contribution >= 4 is 5.96 Å². The third-order valence-corrected chi connectivity index (χ3v) is 5.70. The van der Waals surface area contributed by atoms with Gasteiger partial charge in [0.15, 0.2) is 5.96 Å². The summed E-state index contributed by atoms with van der Waals surface area (Å²) in [6, 6.07) is 1.14. The molecule has 0 bridgehead atoms. The molecule has 1 atom stereocenters. The Labute approximate surface area is 149 Å². The highest BCUT2D eigenvalue weighted by molar-refractivity contribution is 5.80. The van der Waals surface area contributed by atoms with Crippen LogP contribution in [-0.4, -0.2) is 74.2 Å². The van der Waals surface area contributed by atoms with Gasteiger partial charge in [-0.2, -0.15) is 0 Å². The predicted molar refractivity (Wildman–Crippen MR) is 104 cm³/mol. The van der Waals surface area contributed by atoms with E-state index in [0.717, 1.165) is 18.4 Å². The number of rotatable bonds is 6. The lowest BCUT2D eigenvalue weighted by atomic mass is 9.98. The summed E-state index contributed by atoms with van der Waals surface area (Å²) in [5.74, 6) is 1.87. The molecule has 0 spiro atoms. The Kier molecular flexibility index (Phi) is 8.33. The van der Waals surface area contributed by atoms with Gasteiger partial charge >= 0.3 is 0 Å². The summed E-state index contributed by atoms with van der Waals surface area (Å²) in [5, 5.41) is 7.17. The van der Waals surface area contributed by atoms with E-state index in [2.05, 4.69) is 46.2 Å². The molecule has 0 aromatic heterocycles. The smallest absolute Gasteiger partial charge is 0.191 e. The van der Waals surface area contributed by atoms with Crippen LogP contribution in [0.15, 0.2) is 4.99 Å². The average molecular weight is 338 g/mol. The molecule has 0 aromatic rings. The molecule has 2 aliphatic rings. The Bertz CT molecular complexity index is 368. The fraction of sp³-hybridized carbons (Fsp3) is 0.947. The molecule has 0 amide bonds. The molecular weight excluding hydrogens is 298 g/mol. The number of hydrogen-bond acceptors (Lipinski definition) is 3. The van der Waals surface area contributed by atoms with Crippen molar-refractivity contribution in [3.8, 4) is 0 Å². The van der Waals surface area contributed by atoms with Gasteiger partial charge in [-0.1, -0.05) is 13.8 Å². The summed E-state index contributed by atoms with van der Waals surface area (Å²) < 4.78 is 0. The standard InChI is InChI=1S/C19H39N5/c1-5-10-23-11-8-18(9-12-23)22-19(20-4)21-15-17(3)24-13-6-16(2)7-14-24/h16-18H,5-15H2,1-4H3,(H2,20,21,22). The first-order valence-electron chi connectivity index (χ1n) is 10.1. The highest BCUT2D eigenvalue weighted by Crippen LogP contribution is 2.17. The zero-order chi connectivity index (χ0) is 17.4. The Morgan fingerprint density at radius 2 is 1.79 bits per heavy atom. The number of likely N-dealkylation sites (tertiary alicyclic amines) is 2. The van der Waals surface area contributed by atoms with E-state index in [9.17, 15) is 0 Å². The van der Waals surface area contributed by atoms with E-state index < -0.39 is 0 Å². The molecule has 0 aromatic carbocycles. The molecule has 2 aliphatic heterocycles.